The molecule has 14 heteroatoms. The number of hydrazine groups is 1. The van der Waals surface area contributed by atoms with Crippen molar-refractivity contribution in [2.75, 3.05) is 13.2 Å². The monoisotopic (exact) mass is 445 g/mol. The molecule has 1 heterocycles. The smallest absolute Gasteiger partial charge is 0.475 e. The quantitative estimate of drug-likeness (QED) is 0.442. The Morgan fingerprint density at radius 3 is 2.23 bits per heavy atom. The molecule has 1 saturated heterocycles. The first-order chi connectivity index (χ1) is 11.6. The number of carbonyl (C=O) groups excluding carboxylic acids is 2. The summed E-state index contributed by atoms with van der Waals surface area (Å²) in [7, 11) is 0. The molecule has 1 rings (SSSR count). The van der Waals surface area contributed by atoms with Crippen molar-refractivity contribution in [2.45, 2.75) is 41.8 Å². The van der Waals surface area contributed by atoms with Crippen LogP contribution in [0.25, 0.3) is 0 Å². The van der Waals surface area contributed by atoms with E-state index in [2.05, 4.69) is 5.43 Å². The van der Waals surface area contributed by atoms with Gasteiger partial charge in [-0.15, -0.1) is 0 Å². The number of hydrogen-bond donors (Lipinski definition) is 3. The van der Waals surface area contributed by atoms with Crippen LogP contribution >= 0.6 is 34.8 Å². The highest BCUT2D eigenvalue weighted by atomic mass is 35.6. The molecule has 0 aliphatic carbocycles. The molecule has 0 aromatic carbocycles. The molecule has 1 aliphatic rings. The minimum absolute atomic E-state index is 0.279. The molecule has 2 atom stereocenters. The number of carbonyl (C=O) groups is 3. The molecule has 26 heavy (non-hydrogen) atoms. The average Bonchev–Trinajstić information content (AvgIpc) is 2.50. The van der Waals surface area contributed by atoms with Gasteiger partial charge in [0.15, 0.2) is 0 Å². The Balaban J connectivity index is 0.000000758. The zero-order chi connectivity index (χ0) is 20.7. The highest BCUT2D eigenvalue weighted by Gasteiger charge is 2.38. The number of amides is 1. The molecule has 1 amide bonds. The standard InChI is InChI=1S/C10H16Cl3N3O3.C2HF3O2/c1-6(14)8(17)16-4-2-3-7(15-16)9(18)19-5-10(11,12)13;3-2(4,5)1(6)7/h6-7,15H,2-5,14H2,1H3;(H,6,7)/t6-,7-;/m0./s1. The van der Waals surface area contributed by atoms with Gasteiger partial charge in [-0.25, -0.2) is 10.2 Å². The summed E-state index contributed by atoms with van der Waals surface area (Å²) in [6.07, 6.45) is -3.87. The van der Waals surface area contributed by atoms with Crippen molar-refractivity contribution in [3.63, 3.8) is 0 Å². The average molecular weight is 447 g/mol. The van der Waals surface area contributed by atoms with Crippen LogP contribution in [-0.2, 0) is 19.1 Å². The molecule has 1 fully saturated rings. The number of alkyl halides is 6. The minimum atomic E-state index is -5.08. The van der Waals surface area contributed by atoms with Crippen molar-refractivity contribution in [3.05, 3.63) is 0 Å². The zero-order valence-corrected chi connectivity index (χ0v) is 15.6. The number of esters is 1. The van der Waals surface area contributed by atoms with Crippen LogP contribution in [0.15, 0.2) is 0 Å². The van der Waals surface area contributed by atoms with E-state index in [1.54, 1.807) is 6.92 Å². The Morgan fingerprint density at radius 2 is 1.85 bits per heavy atom. The zero-order valence-electron chi connectivity index (χ0n) is 13.4. The van der Waals surface area contributed by atoms with Crippen LogP contribution in [0.1, 0.15) is 19.8 Å². The van der Waals surface area contributed by atoms with Crippen LogP contribution < -0.4 is 11.2 Å². The summed E-state index contributed by atoms with van der Waals surface area (Å²) < 4.78 is 35.0. The lowest BCUT2D eigenvalue weighted by Crippen LogP contribution is -2.58. The Kier molecular flexibility index (Phi) is 9.95. The second-order valence-electron chi connectivity index (χ2n) is 5.13. The molecule has 0 aromatic rings. The molecule has 0 aromatic heterocycles. The summed E-state index contributed by atoms with van der Waals surface area (Å²) in [5, 5.41) is 8.45. The lowest BCUT2D eigenvalue weighted by molar-refractivity contribution is -0.192. The van der Waals surface area contributed by atoms with Gasteiger partial charge in [0, 0.05) is 6.54 Å². The second-order valence-corrected chi connectivity index (χ2v) is 7.64. The summed E-state index contributed by atoms with van der Waals surface area (Å²) in [5.41, 5.74) is 8.27. The Hall–Kier alpha value is -1.01. The number of halogens is 6. The molecule has 0 unspecified atom stereocenters. The first kappa shape index (κ1) is 25.0. The van der Waals surface area contributed by atoms with E-state index in [1.807, 2.05) is 0 Å². The van der Waals surface area contributed by atoms with E-state index in [1.165, 1.54) is 5.01 Å². The van der Waals surface area contributed by atoms with E-state index in [9.17, 15) is 22.8 Å². The fraction of sp³-hybridized carbons (Fsp3) is 0.750. The number of carboxylic acids is 1. The van der Waals surface area contributed by atoms with Gasteiger partial charge in [-0.05, 0) is 19.8 Å². The molecule has 4 N–H and O–H groups in total. The number of aliphatic carboxylic acids is 1. The third kappa shape index (κ3) is 10.2. The van der Waals surface area contributed by atoms with Crippen molar-refractivity contribution in [2.24, 2.45) is 5.73 Å². The van der Waals surface area contributed by atoms with Gasteiger partial charge in [-0.1, -0.05) is 34.8 Å². The van der Waals surface area contributed by atoms with Crippen molar-refractivity contribution in [3.8, 4) is 0 Å². The summed E-state index contributed by atoms with van der Waals surface area (Å²) in [5.74, 6) is -3.60. The van der Waals surface area contributed by atoms with Crippen LogP contribution in [0.5, 0.6) is 0 Å². The van der Waals surface area contributed by atoms with Crippen LogP contribution in [0.2, 0.25) is 0 Å². The molecular weight excluding hydrogens is 430 g/mol. The van der Waals surface area contributed by atoms with Gasteiger partial charge in [0.1, 0.15) is 12.6 Å². The first-order valence-electron chi connectivity index (χ1n) is 7.01. The Morgan fingerprint density at radius 1 is 1.35 bits per heavy atom. The van der Waals surface area contributed by atoms with Gasteiger partial charge < -0.3 is 15.6 Å². The van der Waals surface area contributed by atoms with Crippen LogP contribution in [0.4, 0.5) is 13.2 Å². The maximum Gasteiger partial charge on any atom is 0.490 e. The van der Waals surface area contributed by atoms with Crippen LogP contribution in [0, 0.1) is 0 Å². The van der Waals surface area contributed by atoms with E-state index in [0.717, 1.165) is 0 Å². The molecule has 8 nitrogen and oxygen atoms in total. The third-order valence-corrected chi connectivity index (χ3v) is 3.07. The maximum absolute atomic E-state index is 11.8. The van der Waals surface area contributed by atoms with E-state index >= 15 is 0 Å². The Labute approximate surface area is 161 Å². The van der Waals surface area contributed by atoms with Gasteiger partial charge >= 0.3 is 18.1 Å². The molecule has 0 bridgehead atoms. The summed E-state index contributed by atoms with van der Waals surface area (Å²) in [6, 6.07) is -1.27. The fourth-order valence-corrected chi connectivity index (χ4v) is 1.78. The lowest BCUT2D eigenvalue weighted by atomic mass is 10.1. The molecule has 152 valence electrons. The number of rotatable bonds is 3. The van der Waals surface area contributed by atoms with E-state index < -0.39 is 34.0 Å². The minimum Gasteiger partial charge on any atom is -0.475 e. The van der Waals surface area contributed by atoms with Gasteiger partial charge in [-0.3, -0.25) is 14.6 Å². The van der Waals surface area contributed by atoms with E-state index in [-0.39, 0.29) is 12.5 Å². The van der Waals surface area contributed by atoms with E-state index in [0.29, 0.717) is 19.4 Å². The summed E-state index contributed by atoms with van der Waals surface area (Å²) in [6.45, 7) is 1.74. The first-order valence-corrected chi connectivity index (χ1v) is 8.15. The van der Waals surface area contributed by atoms with E-state index in [4.69, 9.17) is 55.2 Å². The van der Waals surface area contributed by atoms with Crippen molar-refractivity contribution < 1.29 is 37.4 Å². The maximum atomic E-state index is 11.8. The number of hydrogen-bond acceptors (Lipinski definition) is 6. The van der Waals surface area contributed by atoms with Gasteiger partial charge in [0.05, 0.1) is 6.04 Å². The number of carboxylic acid groups (broad SMARTS) is 1. The normalized spacial score (nSPS) is 19.1. The third-order valence-electron chi connectivity index (χ3n) is 2.75. The van der Waals surface area contributed by atoms with Gasteiger partial charge in [0.2, 0.25) is 3.79 Å². The Bertz CT molecular complexity index is 515. The van der Waals surface area contributed by atoms with Gasteiger partial charge in [-0.2, -0.15) is 13.2 Å². The topological polar surface area (TPSA) is 122 Å². The predicted molar refractivity (Wildman–Crippen MR) is 86.5 cm³/mol. The second kappa shape index (κ2) is 10.4. The highest BCUT2D eigenvalue weighted by molar-refractivity contribution is 6.67. The number of ether oxygens (including phenoxy) is 1. The molecular formula is C12H17Cl3F3N3O5. The van der Waals surface area contributed by atoms with Crippen LogP contribution in [-0.4, -0.2) is 63.2 Å². The number of nitrogens with zero attached hydrogens (tertiary/aromatic N) is 1. The number of nitrogens with two attached hydrogens (primary N) is 1. The SMILES string of the molecule is C[C@H](N)C(=O)N1CCC[C@@H](C(=O)OCC(Cl)(Cl)Cl)N1.O=C(O)C(F)(F)F. The molecule has 0 saturated carbocycles. The fourth-order valence-electron chi connectivity index (χ4n) is 1.61. The van der Waals surface area contributed by atoms with Crippen molar-refractivity contribution in [1.29, 1.82) is 0 Å². The molecule has 0 spiro atoms. The van der Waals surface area contributed by atoms with Crippen molar-refractivity contribution >= 4 is 52.6 Å². The molecule has 1 aliphatic heterocycles. The summed E-state index contributed by atoms with van der Waals surface area (Å²) >= 11 is 16.5. The number of nitrogens with one attached hydrogen (secondary N) is 1. The van der Waals surface area contributed by atoms with Crippen molar-refractivity contribution in [1.82, 2.24) is 10.4 Å². The summed E-state index contributed by atoms with van der Waals surface area (Å²) in [4.78, 5) is 32.4. The molecule has 0 radical (unpaired) electrons. The largest absolute Gasteiger partial charge is 0.490 e. The lowest BCUT2D eigenvalue weighted by Gasteiger charge is -2.33. The predicted octanol–water partition coefficient (Wildman–Crippen LogP) is 1.38. The van der Waals surface area contributed by atoms with Gasteiger partial charge in [0.25, 0.3) is 5.91 Å². The highest BCUT2D eigenvalue weighted by Crippen LogP contribution is 2.26. The van der Waals surface area contributed by atoms with Crippen LogP contribution in [0.3, 0.4) is 0 Å².